The summed E-state index contributed by atoms with van der Waals surface area (Å²) in [5.41, 5.74) is 4.49. The average molecular weight is 405 g/mol. The van der Waals surface area contributed by atoms with Crippen molar-refractivity contribution < 1.29 is 14.6 Å². The molecule has 0 atom stereocenters. The fourth-order valence-electron chi connectivity index (χ4n) is 3.14. The number of hydrogen-bond donors (Lipinski definition) is 1. The van der Waals surface area contributed by atoms with Gasteiger partial charge in [-0.25, -0.2) is 9.79 Å². The van der Waals surface area contributed by atoms with Crippen LogP contribution in [-0.2, 0) is 9.53 Å². The molecule has 0 bridgehead atoms. The van der Waals surface area contributed by atoms with Gasteiger partial charge < -0.3 is 14.4 Å². The van der Waals surface area contributed by atoms with E-state index in [-0.39, 0.29) is 11.3 Å². The first-order chi connectivity index (χ1) is 12.7. The van der Waals surface area contributed by atoms with Gasteiger partial charge in [-0.1, -0.05) is 23.2 Å². The number of ether oxygens (including phenoxy) is 1. The molecule has 1 aromatic heterocycles. The Bertz CT molecular complexity index is 1050. The van der Waals surface area contributed by atoms with Gasteiger partial charge in [0.25, 0.3) is 0 Å². The van der Waals surface area contributed by atoms with Gasteiger partial charge in [0, 0.05) is 17.1 Å². The third-order valence-electron chi connectivity index (χ3n) is 4.44. The summed E-state index contributed by atoms with van der Waals surface area (Å²) in [6, 6.07) is 7.40. The van der Waals surface area contributed by atoms with E-state index in [9.17, 15) is 9.90 Å². The zero-order valence-electron chi connectivity index (χ0n) is 15.3. The summed E-state index contributed by atoms with van der Waals surface area (Å²) >= 11 is 12.2. The first-order valence-corrected chi connectivity index (χ1v) is 8.93. The van der Waals surface area contributed by atoms with E-state index in [1.807, 2.05) is 30.5 Å². The van der Waals surface area contributed by atoms with Crippen molar-refractivity contribution in [1.82, 2.24) is 4.57 Å². The Labute approximate surface area is 167 Å². The predicted molar refractivity (Wildman–Crippen MR) is 108 cm³/mol. The number of aromatic nitrogens is 1. The highest BCUT2D eigenvalue weighted by Crippen LogP contribution is 2.31. The maximum absolute atomic E-state index is 11.8. The van der Waals surface area contributed by atoms with E-state index in [1.54, 1.807) is 25.1 Å². The van der Waals surface area contributed by atoms with Gasteiger partial charge in [-0.05, 0) is 56.7 Å². The van der Waals surface area contributed by atoms with Gasteiger partial charge in [0.15, 0.2) is 5.76 Å². The molecule has 1 N–H and O–H groups in total. The number of benzene rings is 1. The molecule has 1 aliphatic heterocycles. The monoisotopic (exact) mass is 404 g/mol. The fourth-order valence-corrected chi connectivity index (χ4v) is 3.43. The number of aliphatic imine (C=N–C) groups is 1. The highest BCUT2D eigenvalue weighted by Gasteiger charge is 2.27. The standard InChI is InChI=1S/C20H18Cl2N2O3/c1-10-7-13(8-17-19(25)18(11(2)23-17)20(26)27-4)12(3)24(10)14-5-6-15(21)16(22)9-14/h5-9,25H,1-4H3/b17-8+. The lowest BCUT2D eigenvalue weighted by Crippen LogP contribution is -2.11. The van der Waals surface area contributed by atoms with Crippen molar-refractivity contribution in [3.05, 3.63) is 68.3 Å². The molecule has 5 nitrogen and oxygen atoms in total. The number of aliphatic hydroxyl groups is 1. The van der Waals surface area contributed by atoms with E-state index in [0.717, 1.165) is 22.6 Å². The van der Waals surface area contributed by atoms with E-state index >= 15 is 0 Å². The van der Waals surface area contributed by atoms with Crippen LogP contribution in [0.25, 0.3) is 11.8 Å². The summed E-state index contributed by atoms with van der Waals surface area (Å²) < 4.78 is 6.74. The lowest BCUT2D eigenvalue weighted by atomic mass is 10.1. The number of aliphatic hydroxyl groups excluding tert-OH is 1. The number of esters is 1. The molecule has 140 valence electrons. The van der Waals surface area contributed by atoms with Crippen LogP contribution in [0.3, 0.4) is 0 Å². The lowest BCUT2D eigenvalue weighted by molar-refractivity contribution is -0.135. The van der Waals surface area contributed by atoms with Crippen molar-refractivity contribution in [3.8, 4) is 5.69 Å². The smallest absolute Gasteiger partial charge is 0.343 e. The van der Waals surface area contributed by atoms with Crippen LogP contribution in [-0.4, -0.2) is 28.5 Å². The molecule has 0 unspecified atom stereocenters. The third-order valence-corrected chi connectivity index (χ3v) is 5.18. The maximum atomic E-state index is 11.8. The SMILES string of the molecule is COC(=O)C1=C(O)/C(=C\c2cc(C)n(-c3ccc(Cl)c(Cl)c3)c2C)N=C1C. The molecule has 1 aliphatic rings. The van der Waals surface area contributed by atoms with Gasteiger partial charge in [-0.3, -0.25) is 0 Å². The van der Waals surface area contributed by atoms with E-state index in [0.29, 0.717) is 21.5 Å². The first kappa shape index (κ1) is 19.3. The second-order valence-corrected chi connectivity index (χ2v) is 7.02. The summed E-state index contributed by atoms with van der Waals surface area (Å²) in [6.45, 7) is 5.58. The van der Waals surface area contributed by atoms with Crippen LogP contribution in [0.1, 0.15) is 23.9 Å². The lowest BCUT2D eigenvalue weighted by Gasteiger charge is -2.10. The minimum atomic E-state index is -0.613. The van der Waals surface area contributed by atoms with Crippen molar-refractivity contribution in [1.29, 1.82) is 0 Å². The number of halogens is 2. The highest BCUT2D eigenvalue weighted by molar-refractivity contribution is 6.42. The van der Waals surface area contributed by atoms with Crippen molar-refractivity contribution >= 4 is 41.0 Å². The van der Waals surface area contributed by atoms with Crippen molar-refractivity contribution in [3.63, 3.8) is 0 Å². The van der Waals surface area contributed by atoms with E-state index in [1.165, 1.54) is 7.11 Å². The number of carbonyl (C=O) groups excluding carboxylic acids is 1. The quantitative estimate of drug-likeness (QED) is 0.714. The molecule has 0 radical (unpaired) electrons. The Hall–Kier alpha value is -2.50. The molecule has 7 heteroatoms. The molecule has 0 fully saturated rings. The number of carbonyl (C=O) groups is 1. The van der Waals surface area contributed by atoms with E-state index in [2.05, 4.69) is 4.99 Å². The molecule has 0 spiro atoms. The van der Waals surface area contributed by atoms with Gasteiger partial charge in [0.1, 0.15) is 11.3 Å². The molecule has 0 aliphatic carbocycles. The van der Waals surface area contributed by atoms with Gasteiger partial charge in [-0.15, -0.1) is 0 Å². The Kier molecular flexibility index (Phi) is 5.18. The summed E-state index contributed by atoms with van der Waals surface area (Å²) in [5.74, 6) is -0.794. The molecule has 0 saturated carbocycles. The highest BCUT2D eigenvalue weighted by atomic mass is 35.5. The zero-order valence-corrected chi connectivity index (χ0v) is 16.8. The van der Waals surface area contributed by atoms with Gasteiger partial charge in [-0.2, -0.15) is 0 Å². The third kappa shape index (κ3) is 3.40. The number of hydrogen-bond acceptors (Lipinski definition) is 4. The molecule has 2 heterocycles. The van der Waals surface area contributed by atoms with Crippen LogP contribution in [0.15, 0.2) is 46.3 Å². The van der Waals surface area contributed by atoms with Crippen LogP contribution in [0.2, 0.25) is 10.0 Å². The van der Waals surface area contributed by atoms with Crippen LogP contribution in [0, 0.1) is 13.8 Å². The van der Waals surface area contributed by atoms with Crippen LogP contribution in [0.5, 0.6) is 0 Å². The molecular formula is C20H18Cl2N2O3. The number of nitrogens with zero attached hydrogens (tertiary/aromatic N) is 2. The molecular weight excluding hydrogens is 387 g/mol. The minimum Gasteiger partial charge on any atom is -0.505 e. The largest absolute Gasteiger partial charge is 0.505 e. The number of rotatable bonds is 3. The molecule has 3 rings (SSSR count). The molecule has 2 aromatic rings. The zero-order chi connectivity index (χ0) is 19.9. The Morgan fingerprint density at radius 3 is 2.52 bits per heavy atom. The maximum Gasteiger partial charge on any atom is 0.343 e. The summed E-state index contributed by atoms with van der Waals surface area (Å²) in [6.07, 6.45) is 1.74. The van der Waals surface area contributed by atoms with Crippen molar-refractivity contribution in [2.24, 2.45) is 4.99 Å². The first-order valence-electron chi connectivity index (χ1n) is 8.18. The number of aryl methyl sites for hydroxylation is 1. The second kappa shape index (κ2) is 7.25. The normalized spacial score (nSPS) is 15.5. The van der Waals surface area contributed by atoms with Gasteiger partial charge in [0.05, 0.1) is 22.9 Å². The van der Waals surface area contributed by atoms with Crippen LogP contribution < -0.4 is 0 Å². The Morgan fingerprint density at radius 1 is 1.19 bits per heavy atom. The predicted octanol–water partition coefficient (Wildman–Crippen LogP) is 5.20. The minimum absolute atomic E-state index is 0.0852. The van der Waals surface area contributed by atoms with Crippen molar-refractivity contribution in [2.75, 3.05) is 7.11 Å². The topological polar surface area (TPSA) is 63.8 Å². The van der Waals surface area contributed by atoms with E-state index < -0.39 is 5.97 Å². The number of methoxy groups -OCH3 is 1. The Balaban J connectivity index is 2.08. The fraction of sp³-hybridized carbons (Fsp3) is 0.200. The summed E-state index contributed by atoms with van der Waals surface area (Å²) in [5, 5.41) is 11.4. The van der Waals surface area contributed by atoms with E-state index in [4.69, 9.17) is 27.9 Å². The molecule has 0 saturated heterocycles. The van der Waals surface area contributed by atoms with Crippen LogP contribution >= 0.6 is 23.2 Å². The second-order valence-electron chi connectivity index (χ2n) is 6.20. The van der Waals surface area contributed by atoms with Gasteiger partial charge >= 0.3 is 5.97 Å². The van der Waals surface area contributed by atoms with Crippen molar-refractivity contribution in [2.45, 2.75) is 20.8 Å². The summed E-state index contributed by atoms with van der Waals surface area (Å²) in [7, 11) is 1.27. The van der Waals surface area contributed by atoms with Crippen LogP contribution in [0.4, 0.5) is 0 Å². The molecule has 0 amide bonds. The average Bonchev–Trinajstić information content (AvgIpc) is 3.05. The Morgan fingerprint density at radius 2 is 1.89 bits per heavy atom. The molecule has 1 aromatic carbocycles. The summed E-state index contributed by atoms with van der Waals surface area (Å²) in [4.78, 5) is 16.1. The molecule has 27 heavy (non-hydrogen) atoms. The van der Waals surface area contributed by atoms with Gasteiger partial charge in [0.2, 0.25) is 0 Å².